The van der Waals surface area contributed by atoms with E-state index in [-0.39, 0.29) is 35.7 Å². The van der Waals surface area contributed by atoms with Crippen LogP contribution >= 0.6 is 24.0 Å². The van der Waals surface area contributed by atoms with E-state index in [9.17, 15) is 9.18 Å². The van der Waals surface area contributed by atoms with E-state index in [1.54, 1.807) is 20.0 Å². The predicted octanol–water partition coefficient (Wildman–Crippen LogP) is 4.60. The van der Waals surface area contributed by atoms with Gasteiger partial charge >= 0.3 is 0 Å². The van der Waals surface area contributed by atoms with E-state index in [0.29, 0.717) is 37.0 Å². The molecule has 7 heteroatoms. The zero-order chi connectivity index (χ0) is 20.5. The number of benzene rings is 2. The van der Waals surface area contributed by atoms with Gasteiger partial charge in [0.15, 0.2) is 5.96 Å². The summed E-state index contributed by atoms with van der Waals surface area (Å²) in [5.74, 6) is 0.748. The summed E-state index contributed by atoms with van der Waals surface area (Å²) < 4.78 is 13.6. The van der Waals surface area contributed by atoms with Crippen molar-refractivity contribution < 1.29 is 9.18 Å². The molecule has 0 aliphatic carbocycles. The lowest BCUT2D eigenvalue weighted by molar-refractivity contribution is -0.116. The highest BCUT2D eigenvalue weighted by Gasteiger charge is 2.06. The fourth-order valence-corrected chi connectivity index (χ4v) is 2.68. The standard InChI is InChI=1S/C22H29FN4O.HI/c1-15(2)10-21(28)27-19-7-5-6-17(11-19)13-25-22(24-4)26-14-18-9-8-16(3)20(23)12-18;/h5-9,11-12,15H,10,13-14H2,1-4H3,(H,27,28)(H2,24,25,26);1H. The van der Waals surface area contributed by atoms with Crippen molar-refractivity contribution in [3.05, 3.63) is 65.0 Å². The molecule has 2 aromatic rings. The summed E-state index contributed by atoms with van der Waals surface area (Å²) in [6.07, 6.45) is 0.499. The molecule has 0 saturated carbocycles. The Balaban J connectivity index is 0.00000420. The molecule has 0 atom stereocenters. The van der Waals surface area contributed by atoms with Crippen LogP contribution in [0.15, 0.2) is 47.5 Å². The molecule has 0 fully saturated rings. The Bertz CT molecular complexity index is 839. The quantitative estimate of drug-likeness (QED) is 0.289. The summed E-state index contributed by atoms with van der Waals surface area (Å²) in [7, 11) is 1.69. The number of halogens is 2. The van der Waals surface area contributed by atoms with Crippen molar-refractivity contribution in [1.82, 2.24) is 10.6 Å². The number of nitrogens with one attached hydrogen (secondary N) is 3. The Morgan fingerprint density at radius 1 is 1.07 bits per heavy atom. The van der Waals surface area contributed by atoms with Gasteiger partial charge in [-0.15, -0.1) is 24.0 Å². The van der Waals surface area contributed by atoms with Crippen molar-refractivity contribution in [2.45, 2.75) is 40.3 Å². The van der Waals surface area contributed by atoms with Crippen molar-refractivity contribution in [3.63, 3.8) is 0 Å². The molecule has 0 aliphatic heterocycles. The maximum atomic E-state index is 13.6. The second-order valence-corrected chi connectivity index (χ2v) is 7.21. The Labute approximate surface area is 189 Å². The molecule has 5 nitrogen and oxygen atoms in total. The van der Waals surface area contributed by atoms with Gasteiger partial charge in [0.1, 0.15) is 5.82 Å². The topological polar surface area (TPSA) is 65.5 Å². The normalized spacial score (nSPS) is 11.0. The number of amides is 1. The van der Waals surface area contributed by atoms with Gasteiger partial charge in [-0.25, -0.2) is 4.39 Å². The molecule has 0 bridgehead atoms. The van der Waals surface area contributed by atoms with Gasteiger partial charge in [-0.2, -0.15) is 0 Å². The minimum absolute atomic E-state index is 0. The molecule has 3 N–H and O–H groups in total. The zero-order valence-corrected chi connectivity index (χ0v) is 19.7. The Hall–Kier alpha value is -2.16. The van der Waals surface area contributed by atoms with Crippen LogP contribution in [0.5, 0.6) is 0 Å². The smallest absolute Gasteiger partial charge is 0.224 e. The van der Waals surface area contributed by atoms with Gasteiger partial charge in [0.25, 0.3) is 0 Å². The van der Waals surface area contributed by atoms with E-state index in [1.807, 2.05) is 44.2 Å². The first-order valence-electron chi connectivity index (χ1n) is 9.45. The molecule has 1 amide bonds. The van der Waals surface area contributed by atoms with E-state index in [4.69, 9.17) is 0 Å². The van der Waals surface area contributed by atoms with E-state index < -0.39 is 0 Å². The number of guanidine groups is 1. The first-order chi connectivity index (χ1) is 13.4. The SMILES string of the molecule is CN=C(NCc1cccc(NC(=O)CC(C)C)c1)NCc1ccc(C)c(F)c1.I. The average Bonchev–Trinajstić information content (AvgIpc) is 2.64. The van der Waals surface area contributed by atoms with Crippen LogP contribution < -0.4 is 16.0 Å². The van der Waals surface area contributed by atoms with Gasteiger partial charge in [-0.05, 0) is 47.7 Å². The van der Waals surface area contributed by atoms with E-state index >= 15 is 0 Å². The van der Waals surface area contributed by atoms with Gasteiger partial charge in [0.2, 0.25) is 5.91 Å². The lowest BCUT2D eigenvalue weighted by atomic mass is 10.1. The summed E-state index contributed by atoms with van der Waals surface area (Å²) in [4.78, 5) is 16.1. The lowest BCUT2D eigenvalue weighted by Gasteiger charge is -2.13. The number of carbonyl (C=O) groups excluding carboxylic acids is 1. The highest BCUT2D eigenvalue weighted by atomic mass is 127. The molecule has 0 aromatic heterocycles. The Morgan fingerprint density at radius 2 is 1.72 bits per heavy atom. The predicted molar refractivity (Wildman–Crippen MR) is 128 cm³/mol. The fraction of sp³-hybridized carbons (Fsp3) is 0.364. The third-order valence-corrected chi connectivity index (χ3v) is 4.18. The summed E-state index contributed by atoms with van der Waals surface area (Å²) in [5.41, 5.74) is 3.28. The first-order valence-corrected chi connectivity index (χ1v) is 9.45. The third-order valence-electron chi connectivity index (χ3n) is 4.18. The average molecular weight is 512 g/mol. The van der Waals surface area contributed by atoms with Crippen LogP contribution in [0.25, 0.3) is 0 Å². The van der Waals surface area contributed by atoms with Crippen molar-refractivity contribution >= 4 is 41.5 Å². The highest BCUT2D eigenvalue weighted by Crippen LogP contribution is 2.12. The second-order valence-electron chi connectivity index (χ2n) is 7.21. The zero-order valence-electron chi connectivity index (χ0n) is 17.4. The van der Waals surface area contributed by atoms with Gasteiger partial charge in [-0.3, -0.25) is 9.79 Å². The van der Waals surface area contributed by atoms with E-state index in [2.05, 4.69) is 20.9 Å². The van der Waals surface area contributed by atoms with Crippen LogP contribution in [-0.2, 0) is 17.9 Å². The molecule has 0 unspecified atom stereocenters. The number of nitrogens with zero attached hydrogens (tertiary/aromatic N) is 1. The number of hydrogen-bond donors (Lipinski definition) is 3. The maximum absolute atomic E-state index is 13.6. The highest BCUT2D eigenvalue weighted by molar-refractivity contribution is 14.0. The summed E-state index contributed by atoms with van der Waals surface area (Å²) in [6, 6.07) is 12.9. The van der Waals surface area contributed by atoms with E-state index in [0.717, 1.165) is 16.8 Å². The van der Waals surface area contributed by atoms with Crippen molar-refractivity contribution in [1.29, 1.82) is 0 Å². The molecular weight excluding hydrogens is 482 g/mol. The van der Waals surface area contributed by atoms with Crippen LogP contribution in [0.4, 0.5) is 10.1 Å². The minimum Gasteiger partial charge on any atom is -0.352 e. The van der Waals surface area contributed by atoms with Crippen molar-refractivity contribution in [3.8, 4) is 0 Å². The summed E-state index contributed by atoms with van der Waals surface area (Å²) in [6.45, 7) is 6.80. The number of rotatable bonds is 7. The molecule has 0 heterocycles. The molecule has 0 aliphatic rings. The molecule has 29 heavy (non-hydrogen) atoms. The molecule has 0 saturated heterocycles. The number of hydrogen-bond acceptors (Lipinski definition) is 2. The van der Waals surface area contributed by atoms with Gasteiger partial charge in [-0.1, -0.05) is 38.1 Å². The fourth-order valence-electron chi connectivity index (χ4n) is 2.68. The number of aliphatic imine (C=N–C) groups is 1. The lowest BCUT2D eigenvalue weighted by Crippen LogP contribution is -2.36. The Morgan fingerprint density at radius 3 is 2.31 bits per heavy atom. The summed E-state index contributed by atoms with van der Waals surface area (Å²) in [5, 5.41) is 9.32. The molecule has 0 radical (unpaired) electrons. The van der Waals surface area contributed by atoms with Crippen molar-refractivity contribution in [2.75, 3.05) is 12.4 Å². The summed E-state index contributed by atoms with van der Waals surface area (Å²) >= 11 is 0. The first kappa shape index (κ1) is 24.9. The number of anilines is 1. The van der Waals surface area contributed by atoms with Crippen LogP contribution in [-0.4, -0.2) is 18.9 Å². The van der Waals surface area contributed by atoms with E-state index in [1.165, 1.54) is 6.07 Å². The monoisotopic (exact) mass is 512 g/mol. The minimum atomic E-state index is -0.210. The number of aryl methyl sites for hydroxylation is 1. The number of carbonyl (C=O) groups is 1. The molecule has 0 spiro atoms. The van der Waals surface area contributed by atoms with Gasteiger partial charge < -0.3 is 16.0 Å². The Kier molecular flexibility index (Phi) is 10.6. The van der Waals surface area contributed by atoms with Crippen molar-refractivity contribution in [2.24, 2.45) is 10.9 Å². The maximum Gasteiger partial charge on any atom is 0.224 e. The molecule has 158 valence electrons. The van der Waals surface area contributed by atoms with Crippen LogP contribution in [0, 0.1) is 18.7 Å². The molecular formula is C22H30FIN4O. The van der Waals surface area contributed by atoms with Gasteiger partial charge in [0.05, 0.1) is 0 Å². The van der Waals surface area contributed by atoms with Crippen LogP contribution in [0.2, 0.25) is 0 Å². The van der Waals surface area contributed by atoms with Crippen LogP contribution in [0.3, 0.4) is 0 Å². The van der Waals surface area contributed by atoms with Crippen LogP contribution in [0.1, 0.15) is 37.0 Å². The molecule has 2 rings (SSSR count). The largest absolute Gasteiger partial charge is 0.352 e. The second kappa shape index (κ2) is 12.4. The van der Waals surface area contributed by atoms with Gasteiger partial charge in [0, 0.05) is 32.2 Å². The molecule has 2 aromatic carbocycles. The third kappa shape index (κ3) is 8.81.